The molecule has 8 heteroatoms. The maximum absolute atomic E-state index is 12.2. The van der Waals surface area contributed by atoms with Crippen LogP contribution in [0.4, 0.5) is 0 Å². The van der Waals surface area contributed by atoms with Crippen molar-refractivity contribution in [3.8, 4) is 0 Å². The number of benzene rings is 1. The Kier molecular flexibility index (Phi) is 4.29. The fourth-order valence-electron chi connectivity index (χ4n) is 2.49. The number of carboxylic acids is 1. The summed E-state index contributed by atoms with van der Waals surface area (Å²) in [5.41, 5.74) is 5.26. The van der Waals surface area contributed by atoms with Gasteiger partial charge in [-0.05, 0) is 37.1 Å². The second-order valence-corrected chi connectivity index (χ2v) is 6.71. The molecule has 4 N–H and O–H groups in total. The van der Waals surface area contributed by atoms with E-state index in [4.69, 9.17) is 10.8 Å². The summed E-state index contributed by atoms with van der Waals surface area (Å²) >= 11 is 0. The number of carboxylic acid groups (broad SMARTS) is 1. The minimum atomic E-state index is -3.80. The largest absolute Gasteiger partial charge is 0.478 e. The predicted octanol–water partition coefficient (Wildman–Crippen LogP) is 0.317. The summed E-state index contributed by atoms with van der Waals surface area (Å²) in [5.74, 6) is -2.14. The number of sulfonamides is 1. The van der Waals surface area contributed by atoms with E-state index in [1.165, 1.54) is 24.3 Å². The first-order valence-electron chi connectivity index (χ1n) is 6.46. The van der Waals surface area contributed by atoms with Crippen LogP contribution in [0.3, 0.4) is 0 Å². The maximum Gasteiger partial charge on any atom is 0.335 e. The normalized spacial score (nSPS) is 22.1. The Morgan fingerprint density at radius 1 is 1.19 bits per heavy atom. The van der Waals surface area contributed by atoms with E-state index >= 15 is 0 Å². The summed E-state index contributed by atoms with van der Waals surface area (Å²) in [6.07, 6.45) is 1.86. The highest BCUT2D eigenvalue weighted by Gasteiger charge is 2.34. The van der Waals surface area contributed by atoms with Gasteiger partial charge in [-0.25, -0.2) is 17.9 Å². The zero-order valence-corrected chi connectivity index (χ0v) is 12.0. The topological polar surface area (TPSA) is 127 Å². The quantitative estimate of drug-likeness (QED) is 0.721. The Labute approximate surface area is 122 Å². The van der Waals surface area contributed by atoms with Gasteiger partial charge in [0.05, 0.1) is 16.4 Å². The van der Waals surface area contributed by atoms with Gasteiger partial charge in [0.25, 0.3) is 0 Å². The van der Waals surface area contributed by atoms with Crippen LogP contribution < -0.4 is 10.5 Å². The minimum absolute atomic E-state index is 0.00447. The van der Waals surface area contributed by atoms with Crippen molar-refractivity contribution in [1.82, 2.24) is 4.72 Å². The van der Waals surface area contributed by atoms with E-state index < -0.39 is 33.9 Å². The number of rotatable bonds is 5. The van der Waals surface area contributed by atoms with E-state index in [-0.39, 0.29) is 10.5 Å². The number of aromatic carboxylic acids is 1. The third-order valence-corrected chi connectivity index (χ3v) is 5.11. The molecule has 2 atom stereocenters. The molecule has 0 aliphatic heterocycles. The lowest BCUT2D eigenvalue weighted by Gasteiger charge is -2.18. The molecule has 1 aromatic carbocycles. The van der Waals surface area contributed by atoms with E-state index in [9.17, 15) is 18.0 Å². The number of nitrogens with one attached hydrogen (secondary N) is 1. The molecule has 0 radical (unpaired) electrons. The van der Waals surface area contributed by atoms with Gasteiger partial charge in [0.15, 0.2) is 0 Å². The first-order chi connectivity index (χ1) is 9.81. The summed E-state index contributed by atoms with van der Waals surface area (Å²) in [5, 5.41) is 8.79. The molecule has 0 bridgehead atoms. The Morgan fingerprint density at radius 2 is 1.81 bits per heavy atom. The van der Waals surface area contributed by atoms with Crippen molar-refractivity contribution >= 4 is 21.9 Å². The highest BCUT2D eigenvalue weighted by atomic mass is 32.2. The molecule has 0 spiro atoms. The average molecular weight is 312 g/mol. The Bertz CT molecular complexity index is 654. The van der Waals surface area contributed by atoms with Gasteiger partial charge in [0.1, 0.15) is 0 Å². The number of primary amides is 1. The number of hydrogen-bond donors (Lipinski definition) is 3. The van der Waals surface area contributed by atoms with E-state index in [1.807, 2.05) is 0 Å². The van der Waals surface area contributed by atoms with Gasteiger partial charge < -0.3 is 10.8 Å². The number of hydrogen-bond acceptors (Lipinski definition) is 4. The minimum Gasteiger partial charge on any atom is -0.478 e. The zero-order valence-electron chi connectivity index (χ0n) is 11.2. The highest BCUT2D eigenvalue weighted by molar-refractivity contribution is 7.89. The summed E-state index contributed by atoms with van der Waals surface area (Å²) in [4.78, 5) is 22.0. The lowest BCUT2D eigenvalue weighted by atomic mass is 10.0. The summed E-state index contributed by atoms with van der Waals surface area (Å²) in [7, 11) is -3.80. The van der Waals surface area contributed by atoms with Crippen LogP contribution in [0, 0.1) is 5.92 Å². The standard InChI is InChI=1S/C13H16N2O5S/c14-12(16)10-2-1-3-11(10)15-21(19,20)9-6-4-8(5-7-9)13(17)18/h4-7,10-11,15H,1-3H2,(H2,14,16)(H,17,18)/t10-,11-/m0/s1. The molecule has 0 heterocycles. The number of nitrogens with two attached hydrogens (primary N) is 1. The Hall–Kier alpha value is -1.93. The lowest BCUT2D eigenvalue weighted by molar-refractivity contribution is -0.122. The third kappa shape index (κ3) is 3.40. The van der Waals surface area contributed by atoms with E-state index in [1.54, 1.807) is 0 Å². The molecule has 1 aromatic rings. The second kappa shape index (κ2) is 5.82. The van der Waals surface area contributed by atoms with E-state index in [0.717, 1.165) is 6.42 Å². The molecule has 0 aromatic heterocycles. The van der Waals surface area contributed by atoms with Crippen LogP contribution >= 0.6 is 0 Å². The highest BCUT2D eigenvalue weighted by Crippen LogP contribution is 2.26. The molecule has 0 unspecified atom stereocenters. The van der Waals surface area contributed by atoms with Crippen molar-refractivity contribution in [1.29, 1.82) is 0 Å². The smallest absolute Gasteiger partial charge is 0.335 e. The van der Waals surface area contributed by atoms with Crippen molar-refractivity contribution in [2.75, 3.05) is 0 Å². The first-order valence-corrected chi connectivity index (χ1v) is 7.94. The van der Waals surface area contributed by atoms with Gasteiger partial charge in [0, 0.05) is 6.04 Å². The molecule has 0 saturated heterocycles. The van der Waals surface area contributed by atoms with Gasteiger partial charge in [-0.2, -0.15) is 0 Å². The summed E-state index contributed by atoms with van der Waals surface area (Å²) in [6, 6.07) is 4.38. The SMILES string of the molecule is NC(=O)[C@H]1CCC[C@@H]1NS(=O)(=O)c1ccc(C(=O)O)cc1. The van der Waals surface area contributed by atoms with Gasteiger partial charge >= 0.3 is 5.97 Å². The fourth-order valence-corrected chi connectivity index (χ4v) is 3.80. The Morgan fingerprint density at radius 3 is 2.33 bits per heavy atom. The van der Waals surface area contributed by atoms with Crippen LogP contribution in [0.1, 0.15) is 29.6 Å². The van der Waals surface area contributed by atoms with Crippen LogP contribution in [0.5, 0.6) is 0 Å². The molecule has 1 amide bonds. The van der Waals surface area contributed by atoms with Crippen molar-refractivity contribution in [2.24, 2.45) is 11.7 Å². The fraction of sp³-hybridized carbons (Fsp3) is 0.385. The van der Waals surface area contributed by atoms with Gasteiger partial charge in [-0.3, -0.25) is 4.79 Å². The molecule has 114 valence electrons. The molecular weight excluding hydrogens is 296 g/mol. The zero-order chi connectivity index (χ0) is 15.6. The first kappa shape index (κ1) is 15.5. The van der Waals surface area contributed by atoms with Crippen LogP contribution in [0.25, 0.3) is 0 Å². The van der Waals surface area contributed by atoms with Crippen molar-refractivity contribution in [3.63, 3.8) is 0 Å². The van der Waals surface area contributed by atoms with Gasteiger partial charge in [-0.15, -0.1) is 0 Å². The van der Waals surface area contributed by atoms with Crippen LogP contribution in [0.2, 0.25) is 0 Å². The van der Waals surface area contributed by atoms with E-state index in [0.29, 0.717) is 12.8 Å². The predicted molar refractivity (Wildman–Crippen MR) is 74.0 cm³/mol. The molecule has 1 saturated carbocycles. The molecule has 21 heavy (non-hydrogen) atoms. The number of carbonyl (C=O) groups is 2. The maximum atomic E-state index is 12.2. The van der Waals surface area contributed by atoms with Crippen LogP contribution in [-0.2, 0) is 14.8 Å². The monoisotopic (exact) mass is 312 g/mol. The van der Waals surface area contributed by atoms with Crippen LogP contribution in [0.15, 0.2) is 29.2 Å². The van der Waals surface area contributed by atoms with Crippen molar-refractivity contribution in [3.05, 3.63) is 29.8 Å². The van der Waals surface area contributed by atoms with Crippen molar-refractivity contribution in [2.45, 2.75) is 30.2 Å². The van der Waals surface area contributed by atoms with Gasteiger partial charge in [0.2, 0.25) is 15.9 Å². The third-order valence-electron chi connectivity index (χ3n) is 3.60. The number of carbonyl (C=O) groups excluding carboxylic acids is 1. The Balaban J connectivity index is 2.18. The summed E-state index contributed by atoms with van der Waals surface area (Å²) in [6.45, 7) is 0. The number of amides is 1. The molecule has 1 aliphatic carbocycles. The molecular formula is C13H16N2O5S. The summed E-state index contributed by atoms with van der Waals surface area (Å²) < 4.78 is 26.9. The van der Waals surface area contributed by atoms with Crippen molar-refractivity contribution < 1.29 is 23.1 Å². The molecule has 2 rings (SSSR count). The molecule has 1 aliphatic rings. The van der Waals surface area contributed by atoms with Gasteiger partial charge in [-0.1, -0.05) is 6.42 Å². The molecule has 1 fully saturated rings. The second-order valence-electron chi connectivity index (χ2n) is 5.00. The van der Waals surface area contributed by atoms with Crippen LogP contribution in [-0.4, -0.2) is 31.4 Å². The lowest BCUT2D eigenvalue weighted by Crippen LogP contribution is -2.42. The van der Waals surface area contributed by atoms with E-state index in [2.05, 4.69) is 4.72 Å². The molecule has 7 nitrogen and oxygen atoms in total. The average Bonchev–Trinajstić information content (AvgIpc) is 2.86.